The zero-order valence-corrected chi connectivity index (χ0v) is 15.2. The summed E-state index contributed by atoms with van der Waals surface area (Å²) in [5, 5.41) is 8.12. The average molecular weight is 341 g/mol. The summed E-state index contributed by atoms with van der Waals surface area (Å²) in [4.78, 5) is 14.0. The molecule has 23 heavy (non-hydrogen) atoms. The highest BCUT2D eigenvalue weighted by Gasteiger charge is 2.18. The third-order valence-corrected chi connectivity index (χ3v) is 5.02. The van der Waals surface area contributed by atoms with E-state index in [2.05, 4.69) is 19.2 Å². The number of nitrogens with zero attached hydrogens (tertiary/aromatic N) is 1. The van der Waals surface area contributed by atoms with Crippen LogP contribution in [0.4, 0.5) is 0 Å². The van der Waals surface area contributed by atoms with Crippen molar-refractivity contribution in [1.29, 1.82) is 0 Å². The number of primary sulfonamides is 1. The van der Waals surface area contributed by atoms with Gasteiger partial charge in [0.15, 0.2) is 0 Å². The number of sulfonamides is 1. The first kappa shape index (κ1) is 19.6. The quantitative estimate of drug-likeness (QED) is 0.786. The molecule has 1 rings (SSSR count). The van der Waals surface area contributed by atoms with E-state index in [4.69, 9.17) is 5.14 Å². The van der Waals surface area contributed by atoms with Gasteiger partial charge in [0.1, 0.15) is 0 Å². The summed E-state index contributed by atoms with van der Waals surface area (Å²) in [6.45, 7) is 8.23. The minimum atomic E-state index is -3.73. The molecule has 1 aromatic carbocycles. The molecule has 0 fully saturated rings. The van der Waals surface area contributed by atoms with Crippen molar-refractivity contribution in [2.45, 2.75) is 44.7 Å². The zero-order chi connectivity index (χ0) is 17.8. The van der Waals surface area contributed by atoms with Crippen LogP contribution in [0.5, 0.6) is 0 Å². The van der Waals surface area contributed by atoms with E-state index < -0.39 is 10.0 Å². The second-order valence-electron chi connectivity index (χ2n) is 6.31. The van der Waals surface area contributed by atoms with E-state index >= 15 is 0 Å². The molecule has 0 spiro atoms. The van der Waals surface area contributed by atoms with Gasteiger partial charge in [-0.1, -0.05) is 26.0 Å². The van der Waals surface area contributed by atoms with Crippen LogP contribution in [0.3, 0.4) is 0 Å². The van der Waals surface area contributed by atoms with Crippen LogP contribution in [0.2, 0.25) is 0 Å². The maximum Gasteiger partial charge on any atom is 0.238 e. The Morgan fingerprint density at radius 1 is 1.26 bits per heavy atom. The molecule has 2 atom stereocenters. The van der Waals surface area contributed by atoms with E-state index in [1.54, 1.807) is 12.1 Å². The van der Waals surface area contributed by atoms with Crippen LogP contribution in [0.1, 0.15) is 39.3 Å². The molecule has 0 saturated heterocycles. The fourth-order valence-electron chi connectivity index (χ4n) is 2.04. The number of carbonyl (C=O) groups is 1. The first-order valence-corrected chi connectivity index (χ1v) is 9.19. The molecule has 1 amide bonds. The van der Waals surface area contributed by atoms with Crippen molar-refractivity contribution in [2.75, 3.05) is 13.6 Å². The summed E-state index contributed by atoms with van der Waals surface area (Å²) in [6, 6.07) is 6.48. The Labute approximate surface area is 139 Å². The first-order valence-electron chi connectivity index (χ1n) is 7.64. The smallest absolute Gasteiger partial charge is 0.238 e. The van der Waals surface area contributed by atoms with Gasteiger partial charge in [-0.05, 0) is 44.5 Å². The molecule has 0 heterocycles. The van der Waals surface area contributed by atoms with Gasteiger partial charge in [0.25, 0.3) is 0 Å². The third-order valence-electron chi connectivity index (χ3n) is 4.11. The molecule has 0 radical (unpaired) electrons. The van der Waals surface area contributed by atoms with Gasteiger partial charge in [0.2, 0.25) is 15.9 Å². The molecule has 0 bridgehead atoms. The van der Waals surface area contributed by atoms with Crippen LogP contribution in [-0.2, 0) is 14.8 Å². The van der Waals surface area contributed by atoms with Crippen molar-refractivity contribution in [2.24, 2.45) is 11.1 Å². The van der Waals surface area contributed by atoms with Crippen molar-refractivity contribution >= 4 is 15.9 Å². The van der Waals surface area contributed by atoms with Gasteiger partial charge in [-0.15, -0.1) is 0 Å². The minimum Gasteiger partial charge on any atom is -0.352 e. The molecule has 130 valence electrons. The fraction of sp³-hybridized carbons (Fsp3) is 0.562. The first-order chi connectivity index (χ1) is 10.5. The molecule has 7 heteroatoms. The predicted octanol–water partition coefficient (Wildman–Crippen LogP) is 1.49. The summed E-state index contributed by atoms with van der Waals surface area (Å²) in [5.41, 5.74) is 0.795. The lowest BCUT2D eigenvalue weighted by molar-refractivity contribution is -0.123. The zero-order valence-electron chi connectivity index (χ0n) is 14.4. The Bertz CT molecular complexity index is 644. The van der Waals surface area contributed by atoms with Crippen molar-refractivity contribution < 1.29 is 13.2 Å². The molecular weight excluding hydrogens is 314 g/mol. The minimum absolute atomic E-state index is 0.0526. The predicted molar refractivity (Wildman–Crippen MR) is 91.3 cm³/mol. The van der Waals surface area contributed by atoms with Crippen molar-refractivity contribution in [3.63, 3.8) is 0 Å². The number of amides is 1. The Balaban J connectivity index is 2.77. The van der Waals surface area contributed by atoms with Gasteiger partial charge in [0, 0.05) is 12.1 Å². The van der Waals surface area contributed by atoms with Gasteiger partial charge in [-0.3, -0.25) is 9.69 Å². The van der Waals surface area contributed by atoms with Crippen LogP contribution in [-0.4, -0.2) is 38.9 Å². The highest BCUT2D eigenvalue weighted by atomic mass is 32.2. The highest BCUT2D eigenvalue weighted by molar-refractivity contribution is 7.89. The number of carbonyl (C=O) groups excluding carboxylic acids is 1. The second kappa shape index (κ2) is 7.90. The van der Waals surface area contributed by atoms with E-state index in [0.717, 1.165) is 5.56 Å². The molecule has 0 aliphatic heterocycles. The largest absolute Gasteiger partial charge is 0.352 e. The summed E-state index contributed by atoms with van der Waals surface area (Å²) >= 11 is 0. The van der Waals surface area contributed by atoms with Crippen LogP contribution < -0.4 is 10.5 Å². The molecule has 3 N–H and O–H groups in total. The third kappa shape index (κ3) is 5.93. The molecule has 0 aliphatic carbocycles. The monoisotopic (exact) mass is 341 g/mol. The molecular formula is C16H27N3O3S. The van der Waals surface area contributed by atoms with Crippen LogP contribution in [0.25, 0.3) is 0 Å². The Morgan fingerprint density at radius 2 is 1.87 bits per heavy atom. The van der Waals surface area contributed by atoms with Gasteiger partial charge < -0.3 is 5.32 Å². The SMILES string of the molecule is CC(C)[C@H](C)NC(=O)CN(C)[C@@H](C)c1cccc(S(N)(=O)=O)c1. The van der Waals surface area contributed by atoms with Crippen molar-refractivity contribution in [1.82, 2.24) is 10.2 Å². The molecule has 0 aromatic heterocycles. The summed E-state index contributed by atoms with van der Waals surface area (Å²) < 4.78 is 22.9. The lowest BCUT2D eigenvalue weighted by Crippen LogP contribution is -2.42. The standard InChI is InChI=1S/C16H27N3O3S/c1-11(2)12(3)18-16(20)10-19(5)13(4)14-7-6-8-15(9-14)23(17,21)22/h6-9,11-13H,10H2,1-5H3,(H,18,20)(H2,17,21,22)/t12-,13-/m0/s1. The number of hydrogen-bond acceptors (Lipinski definition) is 4. The second-order valence-corrected chi connectivity index (χ2v) is 7.87. The average Bonchev–Trinajstić information content (AvgIpc) is 2.45. The van der Waals surface area contributed by atoms with E-state index in [0.29, 0.717) is 5.92 Å². The summed E-state index contributed by atoms with van der Waals surface area (Å²) in [7, 11) is -1.90. The Morgan fingerprint density at radius 3 is 2.39 bits per heavy atom. The van der Waals surface area contributed by atoms with E-state index in [9.17, 15) is 13.2 Å². The van der Waals surface area contributed by atoms with E-state index in [-0.39, 0.29) is 29.4 Å². The number of rotatable bonds is 7. The van der Waals surface area contributed by atoms with Crippen LogP contribution >= 0.6 is 0 Å². The van der Waals surface area contributed by atoms with Gasteiger partial charge in [0.05, 0.1) is 11.4 Å². The maximum atomic E-state index is 12.1. The Kier molecular flexibility index (Phi) is 6.73. The Hall–Kier alpha value is -1.44. The lowest BCUT2D eigenvalue weighted by atomic mass is 10.1. The van der Waals surface area contributed by atoms with E-state index in [1.165, 1.54) is 6.07 Å². The summed E-state index contributed by atoms with van der Waals surface area (Å²) in [6.07, 6.45) is 0. The highest BCUT2D eigenvalue weighted by Crippen LogP contribution is 2.21. The molecule has 0 aliphatic rings. The fourth-order valence-corrected chi connectivity index (χ4v) is 2.60. The number of nitrogens with two attached hydrogens (primary N) is 1. The normalized spacial score (nSPS) is 14.8. The van der Waals surface area contributed by atoms with E-state index in [1.807, 2.05) is 31.9 Å². The molecule has 1 aromatic rings. The van der Waals surface area contributed by atoms with Crippen molar-refractivity contribution in [3.05, 3.63) is 29.8 Å². The topological polar surface area (TPSA) is 92.5 Å². The maximum absolute atomic E-state index is 12.1. The van der Waals surface area contributed by atoms with Gasteiger partial charge in [-0.2, -0.15) is 0 Å². The van der Waals surface area contributed by atoms with Crippen LogP contribution in [0, 0.1) is 5.92 Å². The molecule has 0 saturated carbocycles. The van der Waals surface area contributed by atoms with Gasteiger partial charge >= 0.3 is 0 Å². The van der Waals surface area contributed by atoms with Crippen molar-refractivity contribution in [3.8, 4) is 0 Å². The number of hydrogen-bond donors (Lipinski definition) is 2. The molecule has 6 nitrogen and oxygen atoms in total. The van der Waals surface area contributed by atoms with Crippen LogP contribution in [0.15, 0.2) is 29.2 Å². The summed E-state index contributed by atoms with van der Waals surface area (Å²) in [5.74, 6) is 0.316. The number of benzene rings is 1. The lowest BCUT2D eigenvalue weighted by Gasteiger charge is -2.26. The number of nitrogens with one attached hydrogen (secondary N) is 1. The molecule has 0 unspecified atom stereocenters. The number of likely N-dealkylation sites (N-methyl/N-ethyl adjacent to an activating group) is 1. The van der Waals surface area contributed by atoms with Gasteiger partial charge in [-0.25, -0.2) is 13.6 Å².